The van der Waals surface area contributed by atoms with Gasteiger partial charge in [-0.15, -0.1) is 10.2 Å². The van der Waals surface area contributed by atoms with Crippen molar-refractivity contribution in [2.75, 3.05) is 0 Å². The number of fused-ring (bicyclic) bond motifs is 1. The lowest BCUT2D eigenvalue weighted by molar-refractivity contribution is -0.121. The molecule has 24 heavy (non-hydrogen) atoms. The van der Waals surface area contributed by atoms with Crippen molar-refractivity contribution in [3.63, 3.8) is 0 Å². The summed E-state index contributed by atoms with van der Waals surface area (Å²) in [5, 5.41) is 11.1. The lowest BCUT2D eigenvalue weighted by atomic mass is 10.1. The lowest BCUT2D eigenvalue weighted by Crippen LogP contribution is -2.30. The summed E-state index contributed by atoms with van der Waals surface area (Å²) < 4.78 is 1.96. The Balaban J connectivity index is 1.68. The Labute approximate surface area is 140 Å². The quantitative estimate of drug-likeness (QED) is 0.754. The van der Waals surface area contributed by atoms with Crippen LogP contribution in [-0.4, -0.2) is 30.6 Å². The minimum Gasteiger partial charge on any atom is -0.346 e. The smallest absolute Gasteiger partial charge is 0.224 e. The van der Waals surface area contributed by atoms with Crippen LogP contribution < -0.4 is 5.32 Å². The van der Waals surface area contributed by atoms with Gasteiger partial charge in [-0.3, -0.25) is 4.79 Å². The number of nitrogens with one attached hydrogen (secondary N) is 2. The number of hydrogen-bond donors (Lipinski definition) is 2. The largest absolute Gasteiger partial charge is 0.346 e. The summed E-state index contributed by atoms with van der Waals surface area (Å²) in [4.78, 5) is 19.9. The van der Waals surface area contributed by atoms with Crippen molar-refractivity contribution in [3.05, 3.63) is 41.7 Å². The van der Waals surface area contributed by atoms with E-state index in [2.05, 4.69) is 39.3 Å². The Bertz CT molecular complexity index is 863. The summed E-state index contributed by atoms with van der Waals surface area (Å²) in [5.41, 5.74) is 2.81. The molecule has 7 heteroatoms. The fourth-order valence-electron chi connectivity index (χ4n) is 2.80. The Kier molecular flexibility index (Phi) is 4.33. The highest BCUT2D eigenvalue weighted by molar-refractivity contribution is 5.82. The molecule has 0 spiro atoms. The second-order valence-electron chi connectivity index (χ2n) is 6.33. The summed E-state index contributed by atoms with van der Waals surface area (Å²) in [6.07, 6.45) is 2.01. The van der Waals surface area contributed by atoms with Gasteiger partial charge in [-0.1, -0.05) is 6.07 Å². The number of rotatable bonds is 5. The van der Waals surface area contributed by atoms with Crippen molar-refractivity contribution in [2.45, 2.75) is 46.2 Å². The molecule has 3 rings (SSSR count). The topological polar surface area (TPSA) is 88.5 Å². The van der Waals surface area contributed by atoms with E-state index < -0.39 is 0 Å². The minimum absolute atomic E-state index is 0.0450. The number of aryl methyl sites for hydroxylation is 1. The van der Waals surface area contributed by atoms with Crippen molar-refractivity contribution < 1.29 is 4.79 Å². The van der Waals surface area contributed by atoms with Gasteiger partial charge >= 0.3 is 0 Å². The van der Waals surface area contributed by atoms with Gasteiger partial charge in [0.1, 0.15) is 12.2 Å². The number of hydrogen-bond acceptors (Lipinski definition) is 4. The number of nitrogens with zero attached hydrogens (tertiary/aromatic N) is 4. The molecule has 0 radical (unpaired) electrons. The minimum atomic E-state index is -0.194. The average Bonchev–Trinajstić information content (AvgIpc) is 3.11. The summed E-state index contributed by atoms with van der Waals surface area (Å²) in [6.45, 7) is 7.95. The molecule has 1 aromatic carbocycles. The average molecular weight is 326 g/mol. The van der Waals surface area contributed by atoms with E-state index in [0.717, 1.165) is 28.2 Å². The number of imidazole rings is 1. The van der Waals surface area contributed by atoms with Crippen LogP contribution in [0.15, 0.2) is 24.5 Å². The third kappa shape index (κ3) is 3.29. The highest BCUT2D eigenvalue weighted by Crippen LogP contribution is 2.16. The Morgan fingerprint density at radius 1 is 1.33 bits per heavy atom. The zero-order valence-electron chi connectivity index (χ0n) is 14.4. The van der Waals surface area contributed by atoms with E-state index in [1.165, 1.54) is 0 Å². The summed E-state index contributed by atoms with van der Waals surface area (Å²) in [7, 11) is 0. The van der Waals surface area contributed by atoms with Crippen LogP contribution in [0.4, 0.5) is 0 Å². The van der Waals surface area contributed by atoms with Gasteiger partial charge in [-0.2, -0.15) is 0 Å². The molecule has 1 atom stereocenters. The van der Waals surface area contributed by atoms with E-state index in [-0.39, 0.29) is 18.0 Å². The maximum atomic E-state index is 12.3. The fraction of sp³-hybridized carbons (Fsp3) is 0.412. The van der Waals surface area contributed by atoms with E-state index in [0.29, 0.717) is 6.42 Å². The van der Waals surface area contributed by atoms with Crippen LogP contribution >= 0.6 is 0 Å². The van der Waals surface area contributed by atoms with E-state index in [1.807, 2.05) is 36.6 Å². The van der Waals surface area contributed by atoms with Gasteiger partial charge in [0.15, 0.2) is 5.82 Å². The second kappa shape index (κ2) is 6.43. The molecule has 0 aliphatic carbocycles. The van der Waals surface area contributed by atoms with Gasteiger partial charge in [0.2, 0.25) is 5.91 Å². The molecule has 0 saturated heterocycles. The zero-order valence-corrected chi connectivity index (χ0v) is 14.4. The molecule has 0 aliphatic heterocycles. The molecule has 0 bridgehead atoms. The number of H-pyrrole nitrogens is 1. The highest BCUT2D eigenvalue weighted by atomic mass is 16.1. The Morgan fingerprint density at radius 3 is 2.88 bits per heavy atom. The predicted molar refractivity (Wildman–Crippen MR) is 91.5 cm³/mol. The SMILES string of the molecule is Cc1nc2ccc(CC(=O)N[C@H](C)c3nncn3C(C)C)cc2[nH]1. The summed E-state index contributed by atoms with van der Waals surface area (Å²) in [6, 6.07) is 5.89. The van der Waals surface area contributed by atoms with Crippen LogP contribution in [0.2, 0.25) is 0 Å². The molecular weight excluding hydrogens is 304 g/mol. The molecule has 2 N–H and O–H groups in total. The normalized spacial score (nSPS) is 12.7. The van der Waals surface area contributed by atoms with E-state index in [4.69, 9.17) is 0 Å². The van der Waals surface area contributed by atoms with Gasteiger partial charge in [-0.25, -0.2) is 4.98 Å². The molecule has 7 nitrogen and oxygen atoms in total. The Hall–Kier alpha value is -2.70. The molecule has 0 aliphatic rings. The number of carbonyl (C=O) groups excluding carboxylic acids is 1. The van der Waals surface area contributed by atoms with Gasteiger partial charge in [0.05, 0.1) is 23.5 Å². The first-order chi connectivity index (χ1) is 11.4. The number of benzene rings is 1. The van der Waals surface area contributed by atoms with Crippen molar-refractivity contribution in [3.8, 4) is 0 Å². The zero-order chi connectivity index (χ0) is 17.3. The van der Waals surface area contributed by atoms with E-state index in [9.17, 15) is 4.79 Å². The summed E-state index contributed by atoms with van der Waals surface area (Å²) >= 11 is 0. The fourth-order valence-corrected chi connectivity index (χ4v) is 2.80. The van der Waals surface area contributed by atoms with Gasteiger partial charge in [0.25, 0.3) is 0 Å². The molecule has 2 aromatic heterocycles. The molecule has 126 valence electrons. The number of aromatic amines is 1. The number of carbonyl (C=O) groups is 1. The maximum Gasteiger partial charge on any atom is 0.224 e. The standard InChI is InChI=1S/C17H22N6O/c1-10(2)23-9-18-22-17(23)11(3)19-16(24)8-13-5-6-14-15(7-13)21-12(4)20-14/h5-7,9-11H,8H2,1-4H3,(H,19,24)(H,20,21)/t11-/m1/s1. The van der Waals surface area contributed by atoms with Crippen LogP contribution in [0.3, 0.4) is 0 Å². The number of aromatic nitrogens is 5. The first-order valence-corrected chi connectivity index (χ1v) is 8.08. The van der Waals surface area contributed by atoms with Crippen molar-refractivity contribution >= 4 is 16.9 Å². The van der Waals surface area contributed by atoms with Crippen LogP contribution in [0, 0.1) is 6.92 Å². The van der Waals surface area contributed by atoms with Crippen LogP contribution in [0.1, 0.15) is 50.1 Å². The van der Waals surface area contributed by atoms with Gasteiger partial charge < -0.3 is 14.9 Å². The van der Waals surface area contributed by atoms with E-state index >= 15 is 0 Å². The Morgan fingerprint density at radius 2 is 2.12 bits per heavy atom. The molecular formula is C17H22N6O. The third-order valence-electron chi connectivity index (χ3n) is 3.95. The first-order valence-electron chi connectivity index (χ1n) is 8.08. The molecule has 0 unspecified atom stereocenters. The highest BCUT2D eigenvalue weighted by Gasteiger charge is 2.17. The van der Waals surface area contributed by atoms with Crippen LogP contribution in [0.25, 0.3) is 11.0 Å². The van der Waals surface area contributed by atoms with Gasteiger partial charge in [-0.05, 0) is 45.4 Å². The van der Waals surface area contributed by atoms with Gasteiger partial charge in [0, 0.05) is 6.04 Å². The molecule has 1 amide bonds. The molecule has 2 heterocycles. The maximum absolute atomic E-state index is 12.3. The lowest BCUT2D eigenvalue weighted by Gasteiger charge is -2.16. The number of amides is 1. The predicted octanol–water partition coefficient (Wildman–Crippen LogP) is 2.46. The summed E-state index contributed by atoms with van der Waals surface area (Å²) in [5.74, 6) is 1.59. The van der Waals surface area contributed by atoms with E-state index in [1.54, 1.807) is 6.33 Å². The molecule has 0 saturated carbocycles. The molecule has 0 fully saturated rings. The molecule has 3 aromatic rings. The monoisotopic (exact) mass is 326 g/mol. The first kappa shape index (κ1) is 16.2. The second-order valence-corrected chi connectivity index (χ2v) is 6.33. The van der Waals surface area contributed by atoms with Crippen molar-refractivity contribution in [1.29, 1.82) is 0 Å². The van der Waals surface area contributed by atoms with Crippen molar-refractivity contribution in [2.24, 2.45) is 0 Å². The van der Waals surface area contributed by atoms with Crippen LogP contribution in [-0.2, 0) is 11.2 Å². The van der Waals surface area contributed by atoms with Crippen LogP contribution in [0.5, 0.6) is 0 Å². The third-order valence-corrected chi connectivity index (χ3v) is 3.95. The van der Waals surface area contributed by atoms with Crippen molar-refractivity contribution in [1.82, 2.24) is 30.0 Å².